The van der Waals surface area contributed by atoms with Gasteiger partial charge in [0.15, 0.2) is 0 Å². The molecule has 2 atom stereocenters. The molecule has 0 spiro atoms. The molecule has 0 bridgehead atoms. The first kappa shape index (κ1) is 30.3. The maximum absolute atomic E-state index is 14.2. The highest BCUT2D eigenvalue weighted by molar-refractivity contribution is 5.67. The summed E-state index contributed by atoms with van der Waals surface area (Å²) < 4.78 is 29.8. The number of halogens is 2. The first-order chi connectivity index (χ1) is 17.2. The van der Waals surface area contributed by atoms with Crippen LogP contribution in [0.2, 0.25) is 0 Å². The Bertz CT molecular complexity index is 1210. The minimum Gasteiger partial charge on any atom is -0.401 e. The average molecular weight is 501 g/mol. The van der Waals surface area contributed by atoms with Crippen LogP contribution in [-0.4, -0.2) is 19.7 Å². The molecule has 1 unspecified atom stereocenters. The van der Waals surface area contributed by atoms with E-state index in [0.717, 1.165) is 18.6 Å². The molecule has 3 rings (SSSR count). The molecule has 3 aromatic rings. The summed E-state index contributed by atoms with van der Waals surface area (Å²) in [5.74, 6) is -1.56. The number of allylic oxidation sites excluding steroid dienone is 3. The number of nitrogens with one attached hydrogen (secondary N) is 1. The number of nitrogens with two attached hydrogens (primary N) is 2. The molecule has 0 saturated carbocycles. The standard InChI is InChI=1S/C23H26F2N6O.2C2H6/c1-4-13(2)15(12-18(26)21-16(24)6-5-7-17(21)25)22(27)14(3)19-8-10-28-23(29-19)31-11-9-20(32)30-31;2*1-2/h5-14H,4,26-27H2,1-3H3,(H,30,32);2*1-2H3/b18-12-,22-15+;;/t13-,14?;;/m1../s1. The van der Waals surface area contributed by atoms with E-state index in [1.165, 1.54) is 29.1 Å². The smallest absolute Gasteiger partial charge is 0.264 e. The van der Waals surface area contributed by atoms with Crippen LogP contribution in [-0.2, 0) is 0 Å². The Kier molecular flexibility index (Phi) is 12.3. The summed E-state index contributed by atoms with van der Waals surface area (Å²) in [5.41, 5.74) is 13.8. The van der Waals surface area contributed by atoms with Crippen molar-refractivity contribution in [2.24, 2.45) is 17.4 Å². The monoisotopic (exact) mass is 500 g/mol. The molecule has 0 aliphatic carbocycles. The SMILES string of the molecule is CC.CC.CC[C@@H](C)C(/C=C(\N)c1c(F)cccc1F)=C(/N)C(C)c1ccnc(-n2ccc(=O)[nH]2)n1. The first-order valence-electron chi connectivity index (χ1n) is 12.2. The fraction of sp³-hybridized carbons (Fsp3) is 0.370. The van der Waals surface area contributed by atoms with E-state index in [1.54, 1.807) is 12.3 Å². The van der Waals surface area contributed by atoms with Crippen LogP contribution < -0.4 is 17.0 Å². The number of benzene rings is 1. The van der Waals surface area contributed by atoms with Crippen molar-refractivity contribution in [2.75, 3.05) is 0 Å². The Morgan fingerprint density at radius 2 is 1.69 bits per heavy atom. The molecular formula is C27H38F2N6O. The van der Waals surface area contributed by atoms with Gasteiger partial charge in [0.2, 0.25) is 5.95 Å². The third-order valence-corrected chi connectivity index (χ3v) is 5.43. The van der Waals surface area contributed by atoms with Gasteiger partial charge >= 0.3 is 0 Å². The van der Waals surface area contributed by atoms with E-state index < -0.39 is 11.6 Å². The van der Waals surface area contributed by atoms with Crippen LogP contribution >= 0.6 is 0 Å². The molecule has 0 fully saturated rings. The van der Waals surface area contributed by atoms with Gasteiger partial charge in [0.05, 0.1) is 11.3 Å². The molecule has 2 aromatic heterocycles. The van der Waals surface area contributed by atoms with Gasteiger partial charge in [-0.3, -0.25) is 9.89 Å². The van der Waals surface area contributed by atoms with Crippen molar-refractivity contribution in [2.45, 2.75) is 60.8 Å². The molecular weight excluding hydrogens is 462 g/mol. The van der Waals surface area contributed by atoms with Crippen LogP contribution in [0, 0.1) is 17.6 Å². The Hall–Kier alpha value is -3.75. The second-order valence-electron chi connectivity index (χ2n) is 7.58. The Morgan fingerprint density at radius 3 is 2.22 bits per heavy atom. The zero-order valence-corrected chi connectivity index (χ0v) is 22.1. The number of aromatic amines is 1. The molecule has 0 radical (unpaired) electrons. The molecule has 36 heavy (non-hydrogen) atoms. The van der Waals surface area contributed by atoms with E-state index in [9.17, 15) is 13.6 Å². The number of hydrogen-bond acceptors (Lipinski definition) is 5. The fourth-order valence-electron chi connectivity index (χ4n) is 3.32. The van der Waals surface area contributed by atoms with Crippen LogP contribution in [0.1, 0.15) is 72.1 Å². The van der Waals surface area contributed by atoms with Crippen LogP contribution in [0.3, 0.4) is 0 Å². The Morgan fingerprint density at radius 1 is 1.08 bits per heavy atom. The third-order valence-electron chi connectivity index (χ3n) is 5.43. The lowest BCUT2D eigenvalue weighted by molar-refractivity contribution is 0.576. The molecule has 0 aliphatic heterocycles. The van der Waals surface area contributed by atoms with E-state index in [4.69, 9.17) is 11.5 Å². The molecule has 1 aromatic carbocycles. The van der Waals surface area contributed by atoms with Gasteiger partial charge in [0.25, 0.3) is 5.56 Å². The van der Waals surface area contributed by atoms with Crippen LogP contribution in [0.25, 0.3) is 11.6 Å². The van der Waals surface area contributed by atoms with Crippen molar-refractivity contribution < 1.29 is 8.78 Å². The van der Waals surface area contributed by atoms with Crippen molar-refractivity contribution in [3.05, 3.63) is 93.3 Å². The quantitative estimate of drug-likeness (QED) is 0.363. The number of H-pyrrole nitrogens is 1. The number of rotatable bonds is 7. The minimum absolute atomic E-state index is 0.0204. The van der Waals surface area contributed by atoms with Gasteiger partial charge in [-0.2, -0.15) is 0 Å². The largest absolute Gasteiger partial charge is 0.401 e. The Balaban J connectivity index is 0.00000154. The minimum atomic E-state index is -0.741. The van der Waals surface area contributed by atoms with Crippen LogP contribution in [0.15, 0.2) is 64.9 Å². The lowest BCUT2D eigenvalue weighted by atomic mass is 9.89. The normalized spacial score (nSPS) is 13.4. The number of nitrogens with zero attached hydrogens (tertiary/aromatic N) is 3. The van der Waals surface area contributed by atoms with Crippen LogP contribution in [0.4, 0.5) is 8.78 Å². The van der Waals surface area contributed by atoms with Gasteiger partial charge in [0, 0.05) is 35.8 Å². The van der Waals surface area contributed by atoms with E-state index >= 15 is 0 Å². The summed E-state index contributed by atoms with van der Waals surface area (Å²) in [5, 5.41) is 2.59. The van der Waals surface area contributed by atoms with Gasteiger partial charge in [-0.25, -0.2) is 23.4 Å². The lowest BCUT2D eigenvalue weighted by Crippen LogP contribution is -2.17. The molecule has 5 N–H and O–H groups in total. The summed E-state index contributed by atoms with van der Waals surface area (Å²) in [6, 6.07) is 6.69. The summed E-state index contributed by atoms with van der Waals surface area (Å²) >= 11 is 0. The van der Waals surface area contributed by atoms with E-state index in [-0.39, 0.29) is 34.6 Å². The lowest BCUT2D eigenvalue weighted by Gasteiger charge is -2.20. The highest BCUT2D eigenvalue weighted by Gasteiger charge is 2.20. The van der Waals surface area contributed by atoms with Crippen LogP contribution in [0.5, 0.6) is 0 Å². The third kappa shape index (κ3) is 7.37. The molecule has 0 aliphatic rings. The van der Waals surface area contributed by atoms with Crippen molar-refractivity contribution in [3.8, 4) is 5.95 Å². The molecule has 2 heterocycles. The average Bonchev–Trinajstić information content (AvgIpc) is 3.34. The van der Waals surface area contributed by atoms with Gasteiger partial charge in [-0.1, -0.05) is 54.5 Å². The molecule has 7 nitrogen and oxygen atoms in total. The first-order valence-corrected chi connectivity index (χ1v) is 12.2. The summed E-state index contributed by atoms with van der Waals surface area (Å²) in [6.07, 6.45) is 5.38. The van der Waals surface area contributed by atoms with Gasteiger partial charge in [-0.05, 0) is 42.2 Å². The van der Waals surface area contributed by atoms with Gasteiger partial charge in [-0.15, -0.1) is 0 Å². The molecule has 0 amide bonds. The fourth-order valence-corrected chi connectivity index (χ4v) is 3.32. The second-order valence-corrected chi connectivity index (χ2v) is 7.58. The predicted molar refractivity (Wildman–Crippen MR) is 142 cm³/mol. The van der Waals surface area contributed by atoms with E-state index in [1.807, 2.05) is 48.5 Å². The predicted octanol–water partition coefficient (Wildman–Crippen LogP) is 5.65. The number of hydrogen-bond donors (Lipinski definition) is 3. The second kappa shape index (κ2) is 14.6. The maximum atomic E-state index is 14.2. The Labute approximate surface area is 212 Å². The van der Waals surface area contributed by atoms with Crippen molar-refractivity contribution >= 4 is 5.70 Å². The van der Waals surface area contributed by atoms with Crippen molar-refractivity contribution in [3.63, 3.8) is 0 Å². The topological polar surface area (TPSA) is 116 Å². The van der Waals surface area contributed by atoms with E-state index in [0.29, 0.717) is 17.0 Å². The van der Waals surface area contributed by atoms with Gasteiger partial charge in [0.1, 0.15) is 11.6 Å². The summed E-state index contributed by atoms with van der Waals surface area (Å²) in [7, 11) is 0. The molecule has 9 heteroatoms. The summed E-state index contributed by atoms with van der Waals surface area (Å²) in [4.78, 5) is 20.1. The van der Waals surface area contributed by atoms with Crippen molar-refractivity contribution in [1.82, 2.24) is 19.7 Å². The van der Waals surface area contributed by atoms with Gasteiger partial charge < -0.3 is 11.5 Å². The van der Waals surface area contributed by atoms with E-state index in [2.05, 4.69) is 15.1 Å². The summed E-state index contributed by atoms with van der Waals surface area (Å²) in [6.45, 7) is 13.8. The molecule has 196 valence electrons. The highest BCUT2D eigenvalue weighted by atomic mass is 19.1. The zero-order chi connectivity index (χ0) is 27.4. The van der Waals surface area contributed by atoms with Crippen molar-refractivity contribution in [1.29, 1.82) is 0 Å². The maximum Gasteiger partial charge on any atom is 0.264 e. The number of aromatic nitrogens is 4. The zero-order valence-electron chi connectivity index (χ0n) is 22.1. The molecule has 0 saturated heterocycles. The highest BCUT2D eigenvalue weighted by Crippen LogP contribution is 2.29.